The topological polar surface area (TPSA) is 73.1 Å². The maximum atomic E-state index is 10.9. The van der Waals surface area contributed by atoms with Crippen LogP contribution in [0.4, 0.5) is 0 Å². The fraction of sp³-hybridized carbons (Fsp3) is 0.583. The zero-order valence-electron chi connectivity index (χ0n) is 10.2. The molecule has 1 amide bonds. The number of halogens is 1. The summed E-state index contributed by atoms with van der Waals surface area (Å²) in [6.45, 7) is 0. The van der Waals surface area contributed by atoms with E-state index >= 15 is 0 Å². The quantitative estimate of drug-likeness (QED) is 0.561. The standard InChI is InChI=1S/C12H17ClN2O2S/c13-12-15-9(8-18-12)6-4-2-1-3-5-7-10(16)11(14)17/h8H,1-7H2,(H2,14,17). The first kappa shape index (κ1) is 15.1. The van der Waals surface area contributed by atoms with Crippen LogP contribution in [0.3, 0.4) is 0 Å². The summed E-state index contributed by atoms with van der Waals surface area (Å²) >= 11 is 7.19. The number of carbonyl (C=O) groups is 2. The van der Waals surface area contributed by atoms with Crippen molar-refractivity contribution >= 4 is 34.6 Å². The molecule has 0 saturated carbocycles. The Morgan fingerprint density at radius 3 is 2.50 bits per heavy atom. The molecule has 0 fully saturated rings. The third-order valence-corrected chi connectivity index (χ3v) is 3.66. The molecular formula is C12H17ClN2O2S. The zero-order valence-corrected chi connectivity index (χ0v) is 11.7. The number of aryl methyl sites for hydroxylation is 1. The summed E-state index contributed by atoms with van der Waals surface area (Å²) in [5.74, 6) is -1.29. The molecule has 0 unspecified atom stereocenters. The lowest BCUT2D eigenvalue weighted by molar-refractivity contribution is -0.136. The molecule has 0 aliphatic carbocycles. The van der Waals surface area contributed by atoms with E-state index in [1.807, 2.05) is 5.38 Å². The molecule has 1 aromatic rings. The van der Waals surface area contributed by atoms with Crippen LogP contribution in [0, 0.1) is 0 Å². The van der Waals surface area contributed by atoms with Gasteiger partial charge in [0.1, 0.15) is 0 Å². The average molecular weight is 289 g/mol. The molecule has 1 aromatic heterocycles. The van der Waals surface area contributed by atoms with Crippen LogP contribution in [0.1, 0.15) is 44.2 Å². The van der Waals surface area contributed by atoms with Gasteiger partial charge in [0.05, 0.1) is 5.69 Å². The van der Waals surface area contributed by atoms with E-state index in [-0.39, 0.29) is 6.42 Å². The minimum Gasteiger partial charge on any atom is -0.363 e. The number of thiazole rings is 1. The molecule has 0 aliphatic heterocycles. The Morgan fingerprint density at radius 1 is 1.22 bits per heavy atom. The number of unbranched alkanes of at least 4 members (excludes halogenated alkanes) is 4. The molecule has 6 heteroatoms. The summed E-state index contributed by atoms with van der Waals surface area (Å²) in [6, 6.07) is 0. The number of Topliss-reactive ketones (excluding diaryl/α,β-unsaturated/α-hetero) is 1. The highest BCUT2D eigenvalue weighted by atomic mass is 35.5. The van der Waals surface area contributed by atoms with Crippen LogP contribution in [0.15, 0.2) is 5.38 Å². The van der Waals surface area contributed by atoms with E-state index in [0.29, 0.717) is 4.47 Å². The highest BCUT2D eigenvalue weighted by molar-refractivity contribution is 7.13. The predicted molar refractivity (Wildman–Crippen MR) is 72.7 cm³/mol. The Balaban J connectivity index is 1.96. The van der Waals surface area contributed by atoms with Crippen LogP contribution in [-0.2, 0) is 16.0 Å². The van der Waals surface area contributed by atoms with Crippen molar-refractivity contribution in [3.05, 3.63) is 15.5 Å². The second-order valence-electron chi connectivity index (χ2n) is 4.15. The molecule has 0 atom stereocenters. The first-order chi connectivity index (χ1) is 8.59. The number of carbonyl (C=O) groups excluding carboxylic acids is 2. The van der Waals surface area contributed by atoms with Gasteiger partial charge in [-0.25, -0.2) is 4.98 Å². The predicted octanol–water partition coefficient (Wildman–Crippen LogP) is 2.73. The van der Waals surface area contributed by atoms with Gasteiger partial charge in [-0.05, 0) is 19.3 Å². The van der Waals surface area contributed by atoms with E-state index in [1.165, 1.54) is 11.3 Å². The minimum atomic E-state index is -0.824. The van der Waals surface area contributed by atoms with Crippen molar-refractivity contribution in [2.45, 2.75) is 44.9 Å². The van der Waals surface area contributed by atoms with Crippen molar-refractivity contribution in [2.24, 2.45) is 5.73 Å². The third kappa shape index (κ3) is 6.12. The van der Waals surface area contributed by atoms with Gasteiger partial charge >= 0.3 is 0 Å². The molecule has 4 nitrogen and oxygen atoms in total. The van der Waals surface area contributed by atoms with Gasteiger partial charge in [-0.3, -0.25) is 9.59 Å². The van der Waals surface area contributed by atoms with Crippen molar-refractivity contribution in [1.29, 1.82) is 0 Å². The van der Waals surface area contributed by atoms with Crippen molar-refractivity contribution in [3.8, 4) is 0 Å². The molecule has 0 aromatic carbocycles. The van der Waals surface area contributed by atoms with Gasteiger partial charge in [-0.2, -0.15) is 0 Å². The molecule has 18 heavy (non-hydrogen) atoms. The summed E-state index contributed by atoms with van der Waals surface area (Å²) < 4.78 is 0.593. The fourth-order valence-corrected chi connectivity index (χ4v) is 2.46. The molecule has 0 saturated heterocycles. The highest BCUT2D eigenvalue weighted by Gasteiger charge is 2.07. The van der Waals surface area contributed by atoms with E-state index in [4.69, 9.17) is 17.3 Å². The maximum absolute atomic E-state index is 10.9. The minimum absolute atomic E-state index is 0.275. The van der Waals surface area contributed by atoms with E-state index in [9.17, 15) is 9.59 Å². The van der Waals surface area contributed by atoms with Gasteiger partial charge in [0.2, 0.25) is 5.78 Å². The zero-order chi connectivity index (χ0) is 13.4. The van der Waals surface area contributed by atoms with E-state index in [1.54, 1.807) is 0 Å². The van der Waals surface area contributed by atoms with Gasteiger partial charge in [0.25, 0.3) is 5.91 Å². The molecular weight excluding hydrogens is 272 g/mol. The van der Waals surface area contributed by atoms with E-state index < -0.39 is 11.7 Å². The number of nitrogens with two attached hydrogens (primary N) is 1. The highest BCUT2D eigenvalue weighted by Crippen LogP contribution is 2.17. The number of rotatable bonds is 9. The van der Waals surface area contributed by atoms with Crippen LogP contribution in [0.25, 0.3) is 0 Å². The number of aromatic nitrogens is 1. The summed E-state index contributed by atoms with van der Waals surface area (Å²) in [5.41, 5.74) is 5.91. The third-order valence-electron chi connectivity index (χ3n) is 2.64. The van der Waals surface area contributed by atoms with E-state index in [2.05, 4.69) is 4.98 Å². The Bertz CT molecular complexity index is 407. The second-order valence-corrected chi connectivity index (χ2v) is 5.59. The summed E-state index contributed by atoms with van der Waals surface area (Å²) in [7, 11) is 0. The first-order valence-corrected chi connectivity index (χ1v) is 7.28. The van der Waals surface area contributed by atoms with Gasteiger partial charge in [0.15, 0.2) is 4.47 Å². The summed E-state index contributed by atoms with van der Waals surface area (Å²) in [6.07, 6.45) is 6.15. The molecule has 0 aliphatic rings. The van der Waals surface area contributed by atoms with Gasteiger partial charge < -0.3 is 5.73 Å². The van der Waals surface area contributed by atoms with Crippen molar-refractivity contribution in [1.82, 2.24) is 4.98 Å². The van der Waals surface area contributed by atoms with Crippen molar-refractivity contribution in [3.63, 3.8) is 0 Å². The van der Waals surface area contributed by atoms with Crippen molar-refractivity contribution in [2.75, 3.05) is 0 Å². The lowest BCUT2D eigenvalue weighted by atomic mass is 10.1. The Kier molecular flexibility index (Phi) is 6.90. The van der Waals surface area contributed by atoms with Gasteiger partial charge in [0, 0.05) is 11.8 Å². The maximum Gasteiger partial charge on any atom is 0.284 e. The largest absolute Gasteiger partial charge is 0.363 e. The smallest absolute Gasteiger partial charge is 0.284 e. The van der Waals surface area contributed by atoms with Crippen LogP contribution in [0.5, 0.6) is 0 Å². The van der Waals surface area contributed by atoms with E-state index in [0.717, 1.165) is 44.2 Å². The molecule has 1 heterocycles. The molecule has 1 rings (SSSR count). The monoisotopic (exact) mass is 288 g/mol. The average Bonchev–Trinajstić information content (AvgIpc) is 2.73. The SMILES string of the molecule is NC(=O)C(=O)CCCCCCCc1csc(Cl)n1. The summed E-state index contributed by atoms with van der Waals surface area (Å²) in [4.78, 5) is 25.6. The van der Waals surface area contributed by atoms with Crippen LogP contribution in [-0.4, -0.2) is 16.7 Å². The van der Waals surface area contributed by atoms with Crippen LogP contribution in [0.2, 0.25) is 4.47 Å². The van der Waals surface area contributed by atoms with Crippen LogP contribution >= 0.6 is 22.9 Å². The Labute approximate surface area is 116 Å². The Hall–Kier alpha value is -0.940. The number of primary amides is 1. The number of ketones is 1. The normalized spacial score (nSPS) is 10.5. The fourth-order valence-electron chi connectivity index (χ4n) is 1.64. The number of amides is 1. The first-order valence-electron chi connectivity index (χ1n) is 6.02. The number of nitrogens with zero attached hydrogens (tertiary/aromatic N) is 1. The molecule has 100 valence electrons. The second kappa shape index (κ2) is 8.21. The molecule has 0 spiro atoms. The summed E-state index contributed by atoms with van der Waals surface area (Å²) in [5, 5.41) is 1.98. The Morgan fingerprint density at radius 2 is 1.89 bits per heavy atom. The lowest BCUT2D eigenvalue weighted by Gasteiger charge is -1.99. The molecule has 2 N–H and O–H groups in total. The number of hydrogen-bond acceptors (Lipinski definition) is 4. The molecule has 0 radical (unpaired) electrons. The molecule has 0 bridgehead atoms. The van der Waals surface area contributed by atoms with Crippen LogP contribution < -0.4 is 5.73 Å². The van der Waals surface area contributed by atoms with Crippen molar-refractivity contribution < 1.29 is 9.59 Å². The van der Waals surface area contributed by atoms with Gasteiger partial charge in [-0.15, -0.1) is 11.3 Å². The van der Waals surface area contributed by atoms with Gasteiger partial charge in [-0.1, -0.05) is 30.9 Å². The lowest BCUT2D eigenvalue weighted by Crippen LogP contribution is -2.22. The number of hydrogen-bond donors (Lipinski definition) is 1.